The number of aryl methyl sites for hydroxylation is 2. The molecule has 0 fully saturated rings. The van der Waals surface area contributed by atoms with Crippen molar-refractivity contribution in [1.29, 1.82) is 0 Å². The van der Waals surface area contributed by atoms with E-state index in [4.69, 9.17) is 5.73 Å². The van der Waals surface area contributed by atoms with Gasteiger partial charge < -0.3 is 16.4 Å². The Morgan fingerprint density at radius 1 is 0.880 bits per heavy atom. The molecule has 0 aliphatic rings. The lowest BCUT2D eigenvalue weighted by Crippen LogP contribution is -2.19. The van der Waals surface area contributed by atoms with Gasteiger partial charge in [0.05, 0.1) is 0 Å². The highest BCUT2D eigenvalue weighted by Crippen LogP contribution is 2.16. The van der Waals surface area contributed by atoms with Crippen LogP contribution in [0.1, 0.15) is 34.3 Å². The number of urea groups is 1. The number of nitrogens with one attached hydrogen (secondary N) is 2. The van der Waals surface area contributed by atoms with Gasteiger partial charge in [0, 0.05) is 29.8 Å². The average Bonchev–Trinajstić information content (AvgIpc) is 2.55. The second kappa shape index (κ2) is 8.10. The molecular weight excluding hydrogens is 318 g/mol. The molecule has 0 aromatic heterocycles. The van der Waals surface area contributed by atoms with E-state index in [1.165, 1.54) is 0 Å². The first-order chi connectivity index (χ1) is 11.8. The van der Waals surface area contributed by atoms with Crippen LogP contribution in [0.5, 0.6) is 0 Å². The number of anilines is 2. The molecule has 3 amide bonds. The molecule has 0 aliphatic heterocycles. The highest BCUT2D eigenvalue weighted by Gasteiger charge is 2.10. The Morgan fingerprint density at radius 3 is 2.20 bits per heavy atom. The van der Waals surface area contributed by atoms with Crippen LogP contribution in [0.3, 0.4) is 0 Å². The van der Waals surface area contributed by atoms with Gasteiger partial charge >= 0.3 is 6.03 Å². The topological polar surface area (TPSA) is 101 Å². The van der Waals surface area contributed by atoms with Gasteiger partial charge in [-0.05, 0) is 49.2 Å². The number of amides is 3. The van der Waals surface area contributed by atoms with Crippen molar-refractivity contribution in [3.63, 3.8) is 0 Å². The minimum absolute atomic E-state index is 0.0672. The molecule has 0 unspecified atom stereocenters. The van der Waals surface area contributed by atoms with E-state index in [1.54, 1.807) is 30.3 Å². The Labute approximate surface area is 146 Å². The minimum Gasteiger partial charge on any atom is -0.351 e. The van der Waals surface area contributed by atoms with Crippen LogP contribution in [-0.2, 0) is 4.79 Å². The van der Waals surface area contributed by atoms with Crippen molar-refractivity contribution in [1.82, 2.24) is 0 Å². The fourth-order valence-corrected chi connectivity index (χ4v) is 2.33. The lowest BCUT2D eigenvalue weighted by Gasteiger charge is -2.08. The molecule has 0 heterocycles. The zero-order chi connectivity index (χ0) is 18.4. The number of carbonyl (C=O) groups is 3. The third kappa shape index (κ3) is 5.46. The Bertz CT molecular complexity index is 815. The normalized spacial score (nSPS) is 10.2. The van der Waals surface area contributed by atoms with E-state index in [-0.39, 0.29) is 24.5 Å². The summed E-state index contributed by atoms with van der Waals surface area (Å²) in [5.41, 5.74) is 8.85. The van der Waals surface area contributed by atoms with Gasteiger partial charge in [-0.1, -0.05) is 18.2 Å². The van der Waals surface area contributed by atoms with Crippen LogP contribution in [0.15, 0.2) is 42.5 Å². The number of nitrogens with two attached hydrogens (primary N) is 1. The Morgan fingerprint density at radius 2 is 1.56 bits per heavy atom. The third-order valence-corrected chi connectivity index (χ3v) is 3.82. The van der Waals surface area contributed by atoms with Crippen LogP contribution in [0.4, 0.5) is 16.2 Å². The maximum Gasteiger partial charge on any atom is 0.316 e. The number of primary amides is 1. The zero-order valence-electron chi connectivity index (χ0n) is 14.3. The van der Waals surface area contributed by atoms with Crippen LogP contribution < -0.4 is 16.4 Å². The molecule has 130 valence electrons. The van der Waals surface area contributed by atoms with E-state index in [0.29, 0.717) is 16.9 Å². The lowest BCUT2D eigenvalue weighted by atomic mass is 10.0. The lowest BCUT2D eigenvalue weighted by molar-refractivity contribution is -0.116. The molecule has 0 spiro atoms. The van der Waals surface area contributed by atoms with E-state index >= 15 is 0 Å². The van der Waals surface area contributed by atoms with Gasteiger partial charge in [0.15, 0.2) is 5.78 Å². The van der Waals surface area contributed by atoms with Gasteiger partial charge in [-0.2, -0.15) is 0 Å². The van der Waals surface area contributed by atoms with Crippen LogP contribution in [0.2, 0.25) is 0 Å². The number of hydrogen-bond donors (Lipinski definition) is 3. The maximum absolute atomic E-state index is 12.2. The molecule has 6 heteroatoms. The minimum atomic E-state index is -0.678. The van der Waals surface area contributed by atoms with Crippen LogP contribution in [0.25, 0.3) is 0 Å². The molecule has 0 saturated heterocycles. The summed E-state index contributed by atoms with van der Waals surface area (Å²) < 4.78 is 0. The molecular formula is C19H21N3O3. The van der Waals surface area contributed by atoms with Crippen molar-refractivity contribution in [3.8, 4) is 0 Å². The van der Waals surface area contributed by atoms with E-state index < -0.39 is 6.03 Å². The van der Waals surface area contributed by atoms with E-state index in [1.807, 2.05) is 26.0 Å². The second-order valence-electron chi connectivity index (χ2n) is 5.84. The summed E-state index contributed by atoms with van der Waals surface area (Å²) in [4.78, 5) is 35.1. The first kappa shape index (κ1) is 18.2. The molecule has 2 rings (SSSR count). The second-order valence-corrected chi connectivity index (χ2v) is 5.84. The number of ketones is 1. The summed E-state index contributed by atoms with van der Waals surface area (Å²) in [7, 11) is 0. The fourth-order valence-electron chi connectivity index (χ4n) is 2.33. The number of hydrogen-bond acceptors (Lipinski definition) is 3. The first-order valence-electron chi connectivity index (χ1n) is 7.92. The average molecular weight is 339 g/mol. The van der Waals surface area contributed by atoms with Crippen LogP contribution in [-0.4, -0.2) is 17.7 Å². The Kier molecular flexibility index (Phi) is 5.89. The summed E-state index contributed by atoms with van der Waals surface area (Å²) in [5, 5.41) is 5.13. The fraction of sp³-hybridized carbons (Fsp3) is 0.211. The number of Topliss-reactive ketones (excluding diaryl/α,β-unsaturated/α-hetero) is 1. The van der Waals surface area contributed by atoms with Crippen molar-refractivity contribution in [2.45, 2.75) is 26.7 Å². The molecule has 25 heavy (non-hydrogen) atoms. The molecule has 0 atom stereocenters. The van der Waals surface area contributed by atoms with Gasteiger partial charge in [0.1, 0.15) is 0 Å². The van der Waals surface area contributed by atoms with Crippen molar-refractivity contribution in [2.75, 3.05) is 10.6 Å². The number of carbonyl (C=O) groups excluding carboxylic acids is 3. The van der Waals surface area contributed by atoms with Gasteiger partial charge in [0.2, 0.25) is 5.91 Å². The van der Waals surface area contributed by atoms with Crippen LogP contribution >= 0.6 is 0 Å². The number of benzene rings is 2. The van der Waals surface area contributed by atoms with Crippen molar-refractivity contribution < 1.29 is 14.4 Å². The quantitative estimate of drug-likeness (QED) is 0.703. The van der Waals surface area contributed by atoms with Crippen LogP contribution in [0, 0.1) is 13.8 Å². The molecule has 0 radical (unpaired) electrons. The first-order valence-corrected chi connectivity index (χ1v) is 7.92. The monoisotopic (exact) mass is 339 g/mol. The standard InChI is InChI=1S/C19H21N3O3/c1-12-6-7-14(10-13(12)2)17(23)8-9-18(24)21-15-4-3-5-16(11-15)22-19(20)25/h3-7,10-11H,8-9H2,1-2H3,(H,21,24)(H3,20,22,25). The molecule has 2 aromatic rings. The molecule has 0 bridgehead atoms. The predicted molar refractivity (Wildman–Crippen MR) is 97.8 cm³/mol. The van der Waals surface area contributed by atoms with E-state index in [2.05, 4.69) is 10.6 Å². The van der Waals surface area contributed by atoms with E-state index in [0.717, 1.165) is 11.1 Å². The van der Waals surface area contributed by atoms with E-state index in [9.17, 15) is 14.4 Å². The molecule has 4 N–H and O–H groups in total. The Balaban J connectivity index is 1.91. The summed E-state index contributed by atoms with van der Waals surface area (Å²) in [6.07, 6.45) is 0.215. The largest absolute Gasteiger partial charge is 0.351 e. The van der Waals surface area contributed by atoms with Gasteiger partial charge in [0.25, 0.3) is 0 Å². The summed E-state index contributed by atoms with van der Waals surface area (Å²) in [5.74, 6) is -0.337. The van der Waals surface area contributed by atoms with Crippen molar-refractivity contribution >= 4 is 29.1 Å². The summed E-state index contributed by atoms with van der Waals surface area (Å²) >= 11 is 0. The Hall–Kier alpha value is -3.15. The molecule has 0 aliphatic carbocycles. The van der Waals surface area contributed by atoms with Crippen molar-refractivity contribution in [3.05, 3.63) is 59.2 Å². The van der Waals surface area contributed by atoms with Crippen molar-refractivity contribution in [2.24, 2.45) is 5.73 Å². The molecule has 0 saturated carbocycles. The molecule has 6 nitrogen and oxygen atoms in total. The predicted octanol–water partition coefficient (Wildman–Crippen LogP) is 3.40. The highest BCUT2D eigenvalue weighted by atomic mass is 16.2. The smallest absolute Gasteiger partial charge is 0.316 e. The van der Waals surface area contributed by atoms with Gasteiger partial charge in [-0.25, -0.2) is 4.79 Å². The van der Waals surface area contributed by atoms with Gasteiger partial charge in [-0.3, -0.25) is 9.59 Å². The SMILES string of the molecule is Cc1ccc(C(=O)CCC(=O)Nc2cccc(NC(N)=O)c2)cc1C. The third-order valence-electron chi connectivity index (χ3n) is 3.82. The zero-order valence-corrected chi connectivity index (χ0v) is 14.3. The number of rotatable bonds is 6. The maximum atomic E-state index is 12.2. The molecule has 2 aromatic carbocycles. The highest BCUT2D eigenvalue weighted by molar-refractivity contribution is 6.00. The van der Waals surface area contributed by atoms with Gasteiger partial charge in [-0.15, -0.1) is 0 Å². The summed E-state index contributed by atoms with van der Waals surface area (Å²) in [6.45, 7) is 3.93. The summed E-state index contributed by atoms with van der Waals surface area (Å²) in [6, 6.07) is 11.5.